The van der Waals surface area contributed by atoms with E-state index in [2.05, 4.69) is 4.98 Å². The first-order valence-electron chi connectivity index (χ1n) is 5.56. The van der Waals surface area contributed by atoms with Gasteiger partial charge in [0.15, 0.2) is 5.13 Å². The lowest BCUT2D eigenvalue weighted by Gasteiger charge is -2.08. The quantitative estimate of drug-likeness (QED) is 0.663. The average Bonchev–Trinajstić information content (AvgIpc) is 2.78. The number of esters is 1. The number of ether oxygens (including phenoxy) is 3. The van der Waals surface area contributed by atoms with Crippen LogP contribution in [-0.4, -0.2) is 38.4 Å². The third kappa shape index (κ3) is 2.94. The fourth-order valence-corrected chi connectivity index (χ4v) is 2.39. The third-order valence-electron chi connectivity index (χ3n) is 2.44. The van der Waals surface area contributed by atoms with E-state index in [9.17, 15) is 4.79 Å². The van der Waals surface area contributed by atoms with Gasteiger partial charge in [0.05, 0.1) is 24.0 Å². The number of carbonyl (C=O) groups is 1. The van der Waals surface area contributed by atoms with Gasteiger partial charge in [0.1, 0.15) is 17.9 Å². The number of hydrogen-bond donors (Lipinski definition) is 1. The highest BCUT2D eigenvalue weighted by Crippen LogP contribution is 2.32. The molecular formula is C12H14N2O4S. The standard InChI is InChI=1S/C12H14N2O4S/c1-16-3-4-18-8-5-7(11(15)17-2)6-9-10(8)14-12(13)19-9/h5-6H,3-4H2,1-2H3,(H2,13,14). The van der Waals surface area contributed by atoms with Crippen molar-refractivity contribution in [2.75, 3.05) is 33.2 Å². The van der Waals surface area contributed by atoms with Crippen LogP contribution in [0, 0.1) is 0 Å². The van der Waals surface area contributed by atoms with E-state index >= 15 is 0 Å². The van der Waals surface area contributed by atoms with Gasteiger partial charge in [-0.25, -0.2) is 9.78 Å². The van der Waals surface area contributed by atoms with Crippen LogP contribution in [0.25, 0.3) is 10.2 Å². The van der Waals surface area contributed by atoms with Gasteiger partial charge in [-0.1, -0.05) is 11.3 Å². The van der Waals surface area contributed by atoms with Crippen LogP contribution in [0.1, 0.15) is 10.4 Å². The smallest absolute Gasteiger partial charge is 0.338 e. The Morgan fingerprint density at radius 1 is 1.37 bits per heavy atom. The number of anilines is 1. The highest BCUT2D eigenvalue weighted by Gasteiger charge is 2.14. The van der Waals surface area contributed by atoms with E-state index in [0.29, 0.717) is 35.2 Å². The molecule has 7 heteroatoms. The summed E-state index contributed by atoms with van der Waals surface area (Å²) in [7, 11) is 2.92. The number of thiazole rings is 1. The number of nitrogen functional groups attached to an aromatic ring is 1. The predicted molar refractivity (Wildman–Crippen MR) is 72.7 cm³/mol. The van der Waals surface area contributed by atoms with E-state index in [-0.39, 0.29) is 0 Å². The molecule has 0 fully saturated rings. The van der Waals surface area contributed by atoms with E-state index in [0.717, 1.165) is 4.70 Å². The molecule has 0 spiro atoms. The summed E-state index contributed by atoms with van der Waals surface area (Å²) in [4.78, 5) is 15.8. The molecule has 0 saturated heterocycles. The van der Waals surface area contributed by atoms with Crippen molar-refractivity contribution < 1.29 is 19.0 Å². The van der Waals surface area contributed by atoms with Gasteiger partial charge in [-0.15, -0.1) is 0 Å². The molecule has 2 rings (SSSR count). The average molecular weight is 282 g/mol. The monoisotopic (exact) mass is 282 g/mol. The van der Waals surface area contributed by atoms with Crippen molar-refractivity contribution in [1.29, 1.82) is 0 Å². The molecule has 0 unspecified atom stereocenters. The van der Waals surface area contributed by atoms with Gasteiger partial charge in [0.25, 0.3) is 0 Å². The number of nitrogens with zero attached hydrogens (tertiary/aromatic N) is 1. The van der Waals surface area contributed by atoms with Gasteiger partial charge < -0.3 is 19.9 Å². The molecule has 1 aromatic heterocycles. The molecule has 0 radical (unpaired) electrons. The van der Waals surface area contributed by atoms with Crippen molar-refractivity contribution in [3.63, 3.8) is 0 Å². The summed E-state index contributed by atoms with van der Waals surface area (Å²) in [6, 6.07) is 3.29. The summed E-state index contributed by atoms with van der Waals surface area (Å²) in [6.45, 7) is 0.817. The summed E-state index contributed by atoms with van der Waals surface area (Å²) < 4.78 is 16.0. The van der Waals surface area contributed by atoms with Gasteiger partial charge in [-0.2, -0.15) is 0 Å². The highest BCUT2D eigenvalue weighted by molar-refractivity contribution is 7.22. The molecule has 0 aliphatic carbocycles. The molecule has 0 bridgehead atoms. The molecule has 19 heavy (non-hydrogen) atoms. The Bertz CT molecular complexity index is 597. The number of benzene rings is 1. The molecular weight excluding hydrogens is 268 g/mol. The molecule has 2 N–H and O–H groups in total. The zero-order chi connectivity index (χ0) is 13.8. The third-order valence-corrected chi connectivity index (χ3v) is 3.27. The van der Waals surface area contributed by atoms with Crippen LogP contribution in [0.15, 0.2) is 12.1 Å². The molecule has 0 saturated carbocycles. The van der Waals surface area contributed by atoms with Crippen LogP contribution < -0.4 is 10.5 Å². The maximum Gasteiger partial charge on any atom is 0.338 e. The van der Waals surface area contributed by atoms with Crippen molar-refractivity contribution in [3.8, 4) is 5.75 Å². The molecule has 0 atom stereocenters. The van der Waals surface area contributed by atoms with E-state index < -0.39 is 5.97 Å². The molecule has 1 heterocycles. The predicted octanol–water partition coefficient (Wildman–Crippen LogP) is 1.69. The maximum absolute atomic E-state index is 11.6. The van der Waals surface area contributed by atoms with Crippen LogP contribution in [0.4, 0.5) is 5.13 Å². The number of fused-ring (bicyclic) bond motifs is 1. The Labute approximate surface area is 114 Å². The normalized spacial score (nSPS) is 10.6. The van der Waals surface area contributed by atoms with Crippen molar-refractivity contribution in [1.82, 2.24) is 4.98 Å². The Morgan fingerprint density at radius 2 is 2.16 bits per heavy atom. The van der Waals surface area contributed by atoms with Gasteiger partial charge in [-0.3, -0.25) is 0 Å². The van der Waals surface area contributed by atoms with Crippen molar-refractivity contribution >= 4 is 32.7 Å². The minimum absolute atomic E-state index is 0.369. The van der Waals surface area contributed by atoms with E-state index in [4.69, 9.17) is 19.9 Å². The second kappa shape index (κ2) is 5.85. The molecule has 102 valence electrons. The van der Waals surface area contributed by atoms with Crippen molar-refractivity contribution in [3.05, 3.63) is 17.7 Å². The number of nitrogens with two attached hydrogens (primary N) is 1. The fourth-order valence-electron chi connectivity index (χ4n) is 1.60. The topological polar surface area (TPSA) is 83.7 Å². The lowest BCUT2D eigenvalue weighted by Crippen LogP contribution is -2.06. The number of aromatic nitrogens is 1. The first-order chi connectivity index (χ1) is 9.15. The zero-order valence-corrected chi connectivity index (χ0v) is 11.5. The number of carbonyl (C=O) groups excluding carboxylic acids is 1. The minimum atomic E-state index is -0.425. The summed E-state index contributed by atoms with van der Waals surface area (Å²) in [5.74, 6) is 0.0772. The Kier molecular flexibility index (Phi) is 4.18. The van der Waals surface area contributed by atoms with E-state index in [1.807, 2.05) is 0 Å². The van der Waals surface area contributed by atoms with Crippen molar-refractivity contribution in [2.45, 2.75) is 0 Å². The number of rotatable bonds is 5. The summed E-state index contributed by atoms with van der Waals surface area (Å²) >= 11 is 1.30. The molecule has 0 amide bonds. The summed E-state index contributed by atoms with van der Waals surface area (Å²) in [6.07, 6.45) is 0. The van der Waals surface area contributed by atoms with Crippen LogP contribution in [-0.2, 0) is 9.47 Å². The molecule has 0 aliphatic rings. The van der Waals surface area contributed by atoms with Gasteiger partial charge in [0.2, 0.25) is 0 Å². The van der Waals surface area contributed by atoms with E-state index in [1.165, 1.54) is 18.4 Å². The zero-order valence-electron chi connectivity index (χ0n) is 10.6. The highest BCUT2D eigenvalue weighted by atomic mass is 32.1. The van der Waals surface area contributed by atoms with Gasteiger partial charge >= 0.3 is 5.97 Å². The molecule has 2 aromatic rings. The van der Waals surface area contributed by atoms with Crippen LogP contribution in [0.3, 0.4) is 0 Å². The molecule has 0 aliphatic heterocycles. The largest absolute Gasteiger partial charge is 0.489 e. The summed E-state index contributed by atoms with van der Waals surface area (Å²) in [5.41, 5.74) is 6.74. The molecule has 1 aromatic carbocycles. The molecule has 6 nitrogen and oxygen atoms in total. The number of hydrogen-bond acceptors (Lipinski definition) is 7. The Hall–Kier alpha value is -1.86. The first-order valence-corrected chi connectivity index (χ1v) is 6.37. The fraction of sp³-hybridized carbons (Fsp3) is 0.333. The van der Waals surface area contributed by atoms with Crippen LogP contribution >= 0.6 is 11.3 Å². The lowest BCUT2D eigenvalue weighted by molar-refractivity contribution is 0.0600. The first kappa shape index (κ1) is 13.6. The second-order valence-corrected chi connectivity index (χ2v) is 4.77. The minimum Gasteiger partial charge on any atom is -0.489 e. The number of methoxy groups -OCH3 is 2. The van der Waals surface area contributed by atoms with Gasteiger partial charge in [0, 0.05) is 7.11 Å². The second-order valence-electron chi connectivity index (χ2n) is 3.71. The van der Waals surface area contributed by atoms with Crippen LogP contribution in [0.2, 0.25) is 0 Å². The Balaban J connectivity index is 2.42. The lowest BCUT2D eigenvalue weighted by atomic mass is 10.2. The Morgan fingerprint density at radius 3 is 2.84 bits per heavy atom. The maximum atomic E-state index is 11.6. The van der Waals surface area contributed by atoms with Gasteiger partial charge in [-0.05, 0) is 12.1 Å². The van der Waals surface area contributed by atoms with E-state index in [1.54, 1.807) is 19.2 Å². The summed E-state index contributed by atoms with van der Waals surface area (Å²) in [5, 5.41) is 0.425. The SMILES string of the molecule is COCCOc1cc(C(=O)OC)cc2sc(N)nc12. The van der Waals surface area contributed by atoms with Crippen LogP contribution in [0.5, 0.6) is 5.75 Å². The van der Waals surface area contributed by atoms with Crippen molar-refractivity contribution in [2.24, 2.45) is 0 Å².